The highest BCUT2D eigenvalue weighted by Gasteiger charge is 2.15. The first-order chi connectivity index (χ1) is 10.7. The fourth-order valence-corrected chi connectivity index (χ4v) is 2.87. The van der Waals surface area contributed by atoms with Gasteiger partial charge in [-0.2, -0.15) is 0 Å². The molecule has 1 saturated heterocycles. The third kappa shape index (κ3) is 5.78. The van der Waals surface area contributed by atoms with Crippen LogP contribution in [-0.4, -0.2) is 30.4 Å². The Kier molecular flexibility index (Phi) is 6.87. The molecule has 0 radical (unpaired) electrons. The van der Waals surface area contributed by atoms with Crippen molar-refractivity contribution in [3.05, 3.63) is 35.4 Å². The predicted octanol–water partition coefficient (Wildman–Crippen LogP) is 2.27. The SMILES string of the molecule is CC1CCN(Cc2cccc(CNC(=O)CCCN)c2)CC1. The van der Waals surface area contributed by atoms with Gasteiger partial charge in [-0.1, -0.05) is 31.2 Å². The van der Waals surface area contributed by atoms with E-state index < -0.39 is 0 Å². The lowest BCUT2D eigenvalue weighted by atomic mass is 9.98. The Morgan fingerprint density at radius 3 is 2.77 bits per heavy atom. The number of rotatable bonds is 7. The van der Waals surface area contributed by atoms with Crippen LogP contribution in [0.4, 0.5) is 0 Å². The molecule has 4 heteroatoms. The number of nitrogens with zero attached hydrogens (tertiary/aromatic N) is 1. The maximum atomic E-state index is 11.6. The Balaban J connectivity index is 1.80. The van der Waals surface area contributed by atoms with Gasteiger partial charge in [0.1, 0.15) is 0 Å². The topological polar surface area (TPSA) is 58.4 Å². The molecule has 1 aliphatic rings. The number of benzene rings is 1. The Morgan fingerprint density at radius 1 is 1.32 bits per heavy atom. The summed E-state index contributed by atoms with van der Waals surface area (Å²) in [5.41, 5.74) is 7.92. The minimum atomic E-state index is 0.0841. The summed E-state index contributed by atoms with van der Waals surface area (Å²) >= 11 is 0. The quantitative estimate of drug-likeness (QED) is 0.812. The van der Waals surface area contributed by atoms with Crippen molar-refractivity contribution in [2.45, 2.75) is 45.7 Å². The normalized spacial score (nSPS) is 16.6. The van der Waals surface area contributed by atoms with E-state index in [9.17, 15) is 4.79 Å². The third-order valence-corrected chi connectivity index (χ3v) is 4.37. The molecular weight excluding hydrogens is 274 g/mol. The number of likely N-dealkylation sites (tertiary alicyclic amines) is 1. The number of nitrogens with two attached hydrogens (primary N) is 1. The number of hydrogen-bond acceptors (Lipinski definition) is 3. The molecule has 1 aliphatic heterocycles. The molecule has 0 spiro atoms. The molecule has 122 valence electrons. The maximum Gasteiger partial charge on any atom is 0.220 e. The van der Waals surface area contributed by atoms with Gasteiger partial charge in [0.15, 0.2) is 0 Å². The summed E-state index contributed by atoms with van der Waals surface area (Å²) in [6.07, 6.45) is 3.87. The van der Waals surface area contributed by atoms with E-state index >= 15 is 0 Å². The van der Waals surface area contributed by atoms with Crippen molar-refractivity contribution in [2.24, 2.45) is 11.7 Å². The lowest BCUT2D eigenvalue weighted by Gasteiger charge is -2.30. The fraction of sp³-hybridized carbons (Fsp3) is 0.611. The van der Waals surface area contributed by atoms with Crippen molar-refractivity contribution < 1.29 is 4.79 Å². The first kappa shape index (κ1) is 17.0. The van der Waals surface area contributed by atoms with Crippen molar-refractivity contribution >= 4 is 5.91 Å². The molecule has 1 aromatic carbocycles. The summed E-state index contributed by atoms with van der Waals surface area (Å²) in [6, 6.07) is 8.55. The summed E-state index contributed by atoms with van der Waals surface area (Å²) in [6.45, 7) is 6.92. The van der Waals surface area contributed by atoms with Gasteiger partial charge in [0.05, 0.1) is 0 Å². The number of carbonyl (C=O) groups is 1. The zero-order valence-electron chi connectivity index (χ0n) is 13.7. The van der Waals surface area contributed by atoms with Gasteiger partial charge >= 0.3 is 0 Å². The van der Waals surface area contributed by atoms with Crippen molar-refractivity contribution in [2.75, 3.05) is 19.6 Å². The van der Waals surface area contributed by atoms with Crippen molar-refractivity contribution in [3.63, 3.8) is 0 Å². The fourth-order valence-electron chi connectivity index (χ4n) is 2.87. The van der Waals surface area contributed by atoms with Gasteiger partial charge in [-0.25, -0.2) is 0 Å². The first-order valence-electron chi connectivity index (χ1n) is 8.44. The molecular formula is C18H29N3O. The average Bonchev–Trinajstić information content (AvgIpc) is 2.53. The molecule has 3 N–H and O–H groups in total. The second kappa shape index (κ2) is 8.91. The smallest absolute Gasteiger partial charge is 0.220 e. The van der Waals surface area contributed by atoms with Crippen LogP contribution in [0.3, 0.4) is 0 Å². The van der Waals surface area contributed by atoms with Gasteiger partial charge in [0.25, 0.3) is 0 Å². The van der Waals surface area contributed by atoms with Crippen LogP contribution >= 0.6 is 0 Å². The van der Waals surface area contributed by atoms with E-state index in [0.717, 1.165) is 18.9 Å². The summed E-state index contributed by atoms with van der Waals surface area (Å²) in [5.74, 6) is 0.951. The van der Waals surface area contributed by atoms with Crippen molar-refractivity contribution in [1.29, 1.82) is 0 Å². The molecule has 0 aromatic heterocycles. The molecule has 1 heterocycles. The third-order valence-electron chi connectivity index (χ3n) is 4.37. The number of nitrogens with one attached hydrogen (secondary N) is 1. The summed E-state index contributed by atoms with van der Waals surface area (Å²) < 4.78 is 0. The van der Waals surface area contributed by atoms with Gasteiger partial charge < -0.3 is 11.1 Å². The van der Waals surface area contributed by atoms with Crippen LogP contribution in [0.25, 0.3) is 0 Å². The Labute approximate surface area is 134 Å². The van der Waals surface area contributed by atoms with E-state index in [1.807, 2.05) is 0 Å². The van der Waals surface area contributed by atoms with Gasteiger partial charge in [0.2, 0.25) is 5.91 Å². The Hall–Kier alpha value is -1.39. The van der Waals surface area contributed by atoms with Crippen molar-refractivity contribution in [3.8, 4) is 0 Å². The molecule has 1 amide bonds. The molecule has 4 nitrogen and oxygen atoms in total. The first-order valence-corrected chi connectivity index (χ1v) is 8.44. The minimum absolute atomic E-state index is 0.0841. The number of amides is 1. The summed E-state index contributed by atoms with van der Waals surface area (Å²) in [7, 11) is 0. The molecule has 22 heavy (non-hydrogen) atoms. The van der Waals surface area contributed by atoms with Crippen LogP contribution in [-0.2, 0) is 17.9 Å². The molecule has 1 aromatic rings. The Bertz CT molecular complexity index is 467. The second-order valence-electron chi connectivity index (χ2n) is 6.45. The molecule has 1 fully saturated rings. The highest BCUT2D eigenvalue weighted by atomic mass is 16.1. The molecule has 0 saturated carbocycles. The average molecular weight is 303 g/mol. The monoisotopic (exact) mass is 303 g/mol. The standard InChI is InChI=1S/C18H29N3O/c1-15-7-10-21(11-8-15)14-17-5-2-4-16(12-17)13-20-18(22)6-3-9-19/h2,4-5,12,15H,3,6-11,13-14,19H2,1H3,(H,20,22). The van der Waals surface area contributed by atoms with Crippen LogP contribution in [0, 0.1) is 5.92 Å². The van der Waals surface area contributed by atoms with E-state index in [0.29, 0.717) is 19.5 Å². The second-order valence-corrected chi connectivity index (χ2v) is 6.45. The lowest BCUT2D eigenvalue weighted by molar-refractivity contribution is -0.121. The van der Waals surface area contributed by atoms with Crippen LogP contribution in [0.5, 0.6) is 0 Å². The number of carbonyl (C=O) groups excluding carboxylic acids is 1. The predicted molar refractivity (Wildman–Crippen MR) is 90.3 cm³/mol. The van der Waals surface area contributed by atoms with E-state index in [4.69, 9.17) is 5.73 Å². The van der Waals surface area contributed by atoms with E-state index in [1.54, 1.807) is 0 Å². The van der Waals surface area contributed by atoms with Gasteiger partial charge in [0, 0.05) is 19.5 Å². The van der Waals surface area contributed by atoms with Crippen LogP contribution in [0.1, 0.15) is 43.7 Å². The number of hydrogen-bond donors (Lipinski definition) is 2. The van der Waals surface area contributed by atoms with E-state index in [1.165, 1.54) is 37.1 Å². The summed E-state index contributed by atoms with van der Waals surface area (Å²) in [5, 5.41) is 2.96. The van der Waals surface area contributed by atoms with Crippen LogP contribution < -0.4 is 11.1 Å². The Morgan fingerprint density at radius 2 is 2.05 bits per heavy atom. The molecule has 0 aliphatic carbocycles. The van der Waals surface area contributed by atoms with Gasteiger partial charge in [-0.15, -0.1) is 0 Å². The van der Waals surface area contributed by atoms with E-state index in [2.05, 4.69) is 41.4 Å². The van der Waals surface area contributed by atoms with Crippen molar-refractivity contribution in [1.82, 2.24) is 10.2 Å². The number of piperidine rings is 1. The van der Waals surface area contributed by atoms with Gasteiger partial charge in [-0.05, 0) is 55.9 Å². The minimum Gasteiger partial charge on any atom is -0.352 e. The molecule has 2 rings (SSSR count). The lowest BCUT2D eigenvalue weighted by Crippen LogP contribution is -2.32. The highest BCUT2D eigenvalue weighted by Crippen LogP contribution is 2.18. The molecule has 0 atom stereocenters. The van der Waals surface area contributed by atoms with Gasteiger partial charge in [-0.3, -0.25) is 9.69 Å². The molecule has 0 unspecified atom stereocenters. The zero-order valence-corrected chi connectivity index (χ0v) is 13.7. The van der Waals surface area contributed by atoms with E-state index in [-0.39, 0.29) is 5.91 Å². The zero-order chi connectivity index (χ0) is 15.8. The highest BCUT2D eigenvalue weighted by molar-refractivity contribution is 5.75. The molecule has 0 bridgehead atoms. The summed E-state index contributed by atoms with van der Waals surface area (Å²) in [4.78, 5) is 14.2. The van der Waals surface area contributed by atoms with Crippen LogP contribution in [0.15, 0.2) is 24.3 Å². The maximum absolute atomic E-state index is 11.6. The van der Waals surface area contributed by atoms with Crippen LogP contribution in [0.2, 0.25) is 0 Å². The largest absolute Gasteiger partial charge is 0.352 e.